The van der Waals surface area contributed by atoms with Crippen molar-refractivity contribution in [2.45, 2.75) is 6.54 Å². The lowest BCUT2D eigenvalue weighted by atomic mass is 10.3. The molecule has 6 nitrogen and oxygen atoms in total. The largest absolute Gasteiger partial charge is 0.503 e. The van der Waals surface area contributed by atoms with Crippen LogP contribution in [0.5, 0.6) is 5.75 Å². The Balaban J connectivity index is 2.85. The molecule has 1 aromatic heterocycles. The van der Waals surface area contributed by atoms with E-state index in [1.807, 2.05) is 0 Å². The molecule has 0 saturated carbocycles. The van der Waals surface area contributed by atoms with E-state index >= 15 is 0 Å². The average Bonchev–Trinajstić information content (AvgIpc) is 2.12. The third-order valence-electron chi connectivity index (χ3n) is 2.16. The van der Waals surface area contributed by atoms with Gasteiger partial charge in [-0.2, -0.15) is 0 Å². The van der Waals surface area contributed by atoms with E-state index in [1.165, 1.54) is 12.3 Å². The van der Waals surface area contributed by atoms with Gasteiger partial charge >= 0.3 is 5.97 Å². The topological polar surface area (TPSA) is 82.8 Å². The van der Waals surface area contributed by atoms with Crippen LogP contribution >= 0.6 is 0 Å². The third-order valence-corrected chi connectivity index (χ3v) is 2.16. The fraction of sp³-hybridized carbons (Fsp3) is 0.400. The molecule has 0 unspecified atom stereocenters. The van der Waals surface area contributed by atoms with Crippen molar-refractivity contribution in [2.24, 2.45) is 7.05 Å². The molecule has 0 saturated heterocycles. The number of hydrogen-bond donors (Lipinski definition) is 2. The molecule has 0 aromatic carbocycles. The highest BCUT2D eigenvalue weighted by molar-refractivity contribution is 5.68. The van der Waals surface area contributed by atoms with E-state index in [9.17, 15) is 9.59 Å². The van der Waals surface area contributed by atoms with Crippen LogP contribution in [-0.4, -0.2) is 39.2 Å². The Morgan fingerprint density at radius 1 is 1.56 bits per heavy atom. The maximum Gasteiger partial charge on any atom is 0.317 e. The van der Waals surface area contributed by atoms with E-state index in [-0.39, 0.29) is 12.3 Å². The SMILES string of the molecule is CN(CC(=O)O)Cc1cc(=O)c(O)cn1C. The minimum atomic E-state index is -0.925. The number of aryl methyl sites for hydroxylation is 1. The average molecular weight is 226 g/mol. The second-order valence-corrected chi connectivity index (χ2v) is 3.69. The Kier molecular flexibility index (Phi) is 3.68. The standard InChI is InChI=1S/C10H14N2O4/c1-11(6-10(15)16)4-7-3-8(13)9(14)5-12(7)2/h3,5,14H,4,6H2,1-2H3,(H,15,16). The van der Waals surface area contributed by atoms with Crippen molar-refractivity contribution >= 4 is 5.97 Å². The van der Waals surface area contributed by atoms with Crippen molar-refractivity contribution < 1.29 is 15.0 Å². The Morgan fingerprint density at radius 3 is 2.75 bits per heavy atom. The number of pyridine rings is 1. The molecular formula is C10H14N2O4. The molecule has 1 heterocycles. The zero-order valence-electron chi connectivity index (χ0n) is 9.17. The third kappa shape index (κ3) is 3.09. The van der Waals surface area contributed by atoms with Crippen molar-refractivity contribution in [1.29, 1.82) is 0 Å². The zero-order valence-corrected chi connectivity index (χ0v) is 9.17. The smallest absolute Gasteiger partial charge is 0.317 e. The maximum atomic E-state index is 11.2. The van der Waals surface area contributed by atoms with Crippen molar-refractivity contribution in [3.63, 3.8) is 0 Å². The van der Waals surface area contributed by atoms with E-state index in [0.717, 1.165) is 0 Å². The number of hydrogen-bond acceptors (Lipinski definition) is 4. The fourth-order valence-corrected chi connectivity index (χ4v) is 1.38. The maximum absolute atomic E-state index is 11.2. The normalized spacial score (nSPS) is 10.7. The molecule has 88 valence electrons. The molecule has 0 bridgehead atoms. The molecule has 0 aliphatic heterocycles. The Hall–Kier alpha value is -1.82. The van der Waals surface area contributed by atoms with Gasteiger partial charge in [-0.05, 0) is 7.05 Å². The number of nitrogens with zero attached hydrogens (tertiary/aromatic N) is 2. The first-order valence-corrected chi connectivity index (χ1v) is 4.69. The molecule has 0 spiro atoms. The summed E-state index contributed by atoms with van der Waals surface area (Å²) in [6.45, 7) is 0.230. The molecule has 0 aliphatic rings. The minimum Gasteiger partial charge on any atom is -0.503 e. The Bertz CT molecular complexity index is 453. The molecular weight excluding hydrogens is 212 g/mol. The van der Waals surface area contributed by atoms with E-state index in [2.05, 4.69) is 0 Å². The number of aromatic hydroxyl groups is 1. The quantitative estimate of drug-likeness (QED) is 0.730. The second kappa shape index (κ2) is 4.80. The lowest BCUT2D eigenvalue weighted by Crippen LogP contribution is -2.27. The molecule has 0 aliphatic carbocycles. The number of carboxylic acid groups (broad SMARTS) is 1. The summed E-state index contributed by atoms with van der Waals surface area (Å²) in [7, 11) is 3.33. The summed E-state index contributed by atoms with van der Waals surface area (Å²) in [6, 6.07) is 1.30. The van der Waals surface area contributed by atoms with Gasteiger partial charge in [-0.1, -0.05) is 0 Å². The van der Waals surface area contributed by atoms with E-state index < -0.39 is 11.4 Å². The summed E-state index contributed by atoms with van der Waals surface area (Å²) >= 11 is 0. The van der Waals surface area contributed by atoms with Crippen LogP contribution in [0.15, 0.2) is 17.1 Å². The highest BCUT2D eigenvalue weighted by atomic mass is 16.4. The Labute approximate surface area is 92.4 Å². The van der Waals surface area contributed by atoms with Crippen molar-refractivity contribution in [3.8, 4) is 5.75 Å². The van der Waals surface area contributed by atoms with Gasteiger partial charge in [-0.15, -0.1) is 0 Å². The lowest BCUT2D eigenvalue weighted by molar-refractivity contribution is -0.138. The predicted molar refractivity (Wildman–Crippen MR) is 57.3 cm³/mol. The molecule has 0 amide bonds. The number of likely N-dealkylation sites (N-methyl/N-ethyl adjacent to an activating group) is 1. The summed E-state index contributed by atoms with van der Waals surface area (Å²) < 4.78 is 1.59. The molecule has 0 radical (unpaired) electrons. The first-order valence-electron chi connectivity index (χ1n) is 4.69. The molecule has 0 atom stereocenters. The minimum absolute atomic E-state index is 0.102. The van der Waals surface area contributed by atoms with Gasteiger partial charge in [0.2, 0.25) is 5.43 Å². The first kappa shape index (κ1) is 12.3. The van der Waals surface area contributed by atoms with Crippen LogP contribution in [0.3, 0.4) is 0 Å². The molecule has 1 aromatic rings. The molecule has 0 fully saturated rings. The first-order chi connectivity index (χ1) is 7.40. The van der Waals surface area contributed by atoms with Crippen LogP contribution in [0.25, 0.3) is 0 Å². The van der Waals surface area contributed by atoms with Crippen LogP contribution in [0.1, 0.15) is 5.69 Å². The van der Waals surface area contributed by atoms with Gasteiger partial charge in [-0.25, -0.2) is 0 Å². The van der Waals surface area contributed by atoms with Crippen LogP contribution < -0.4 is 5.43 Å². The summed E-state index contributed by atoms with van der Waals surface area (Å²) in [4.78, 5) is 23.2. The molecule has 6 heteroatoms. The van der Waals surface area contributed by atoms with Crippen LogP contribution in [0, 0.1) is 0 Å². The van der Waals surface area contributed by atoms with Crippen LogP contribution in [0.2, 0.25) is 0 Å². The fourth-order valence-electron chi connectivity index (χ4n) is 1.38. The lowest BCUT2D eigenvalue weighted by Gasteiger charge is -2.16. The summed E-state index contributed by atoms with van der Waals surface area (Å²) in [5, 5.41) is 17.7. The number of aromatic nitrogens is 1. The summed E-state index contributed by atoms with van der Waals surface area (Å²) in [5.41, 5.74) is 0.184. The number of aliphatic carboxylic acids is 1. The van der Waals surface area contributed by atoms with Crippen molar-refractivity contribution in [1.82, 2.24) is 9.47 Å². The molecule has 16 heavy (non-hydrogen) atoms. The second-order valence-electron chi connectivity index (χ2n) is 3.69. The highest BCUT2D eigenvalue weighted by Gasteiger charge is 2.08. The van der Waals surface area contributed by atoms with Crippen LogP contribution in [0.4, 0.5) is 0 Å². The van der Waals surface area contributed by atoms with E-state index in [0.29, 0.717) is 12.2 Å². The molecule has 1 rings (SSSR count). The monoisotopic (exact) mass is 226 g/mol. The molecule has 2 N–H and O–H groups in total. The van der Waals surface area contributed by atoms with Gasteiger partial charge in [0.05, 0.1) is 6.54 Å². The van der Waals surface area contributed by atoms with Gasteiger partial charge in [-0.3, -0.25) is 14.5 Å². The summed E-state index contributed by atoms with van der Waals surface area (Å²) in [5.74, 6) is -1.24. The van der Waals surface area contributed by atoms with Gasteiger partial charge in [0, 0.05) is 31.5 Å². The van der Waals surface area contributed by atoms with Gasteiger partial charge in [0.15, 0.2) is 5.75 Å². The van der Waals surface area contributed by atoms with E-state index in [4.69, 9.17) is 10.2 Å². The zero-order chi connectivity index (χ0) is 12.3. The van der Waals surface area contributed by atoms with Crippen molar-refractivity contribution in [3.05, 3.63) is 28.2 Å². The van der Waals surface area contributed by atoms with Gasteiger partial charge < -0.3 is 14.8 Å². The van der Waals surface area contributed by atoms with Gasteiger partial charge in [0.25, 0.3) is 0 Å². The van der Waals surface area contributed by atoms with Gasteiger partial charge in [0.1, 0.15) is 0 Å². The van der Waals surface area contributed by atoms with E-state index in [1.54, 1.807) is 23.6 Å². The highest BCUT2D eigenvalue weighted by Crippen LogP contribution is 2.05. The number of rotatable bonds is 4. The number of carboxylic acids is 1. The predicted octanol–water partition coefficient (Wildman–Crippen LogP) is -0.393. The Morgan fingerprint density at radius 2 is 2.19 bits per heavy atom. The van der Waals surface area contributed by atoms with Crippen molar-refractivity contribution in [2.75, 3.05) is 13.6 Å². The summed E-state index contributed by atoms with van der Waals surface area (Å²) in [6.07, 6.45) is 1.31. The van der Waals surface area contributed by atoms with Crippen LogP contribution in [-0.2, 0) is 18.4 Å². The number of carbonyl (C=O) groups is 1.